The Morgan fingerprint density at radius 1 is 1.47 bits per heavy atom. The van der Waals surface area contributed by atoms with Crippen LogP contribution >= 0.6 is 0 Å². The van der Waals surface area contributed by atoms with Crippen LogP contribution in [0.4, 0.5) is 0 Å². The van der Waals surface area contributed by atoms with E-state index in [-0.39, 0.29) is 5.91 Å². The number of aliphatic hydroxyl groups excluding tert-OH is 1. The molecule has 0 radical (unpaired) electrons. The number of carbonyl (C=O) groups excluding carboxylic acids is 1. The summed E-state index contributed by atoms with van der Waals surface area (Å²) in [7, 11) is 0. The van der Waals surface area contributed by atoms with E-state index in [9.17, 15) is 9.90 Å². The molecule has 1 aliphatic rings. The van der Waals surface area contributed by atoms with Crippen molar-refractivity contribution < 1.29 is 9.90 Å². The lowest BCUT2D eigenvalue weighted by atomic mass is 9.92. The standard InChI is InChI=1S/C13H18N2O2/c1-13(14,10-5-3-2-4-6-10)12(17)15-8-7-11(16)9-15/h2-6,11,16H,7-9,14H2,1H3. The first kappa shape index (κ1) is 12.1. The maximum atomic E-state index is 12.3. The molecule has 0 bridgehead atoms. The number of nitrogens with zero attached hydrogens (tertiary/aromatic N) is 1. The molecule has 4 nitrogen and oxygen atoms in total. The van der Waals surface area contributed by atoms with Crippen molar-refractivity contribution in [1.82, 2.24) is 4.90 Å². The van der Waals surface area contributed by atoms with E-state index in [0.29, 0.717) is 19.5 Å². The smallest absolute Gasteiger partial charge is 0.247 e. The van der Waals surface area contributed by atoms with Crippen molar-refractivity contribution in [3.8, 4) is 0 Å². The number of carbonyl (C=O) groups is 1. The van der Waals surface area contributed by atoms with Crippen molar-refractivity contribution in [2.45, 2.75) is 25.0 Å². The van der Waals surface area contributed by atoms with Crippen molar-refractivity contribution in [1.29, 1.82) is 0 Å². The summed E-state index contributed by atoms with van der Waals surface area (Å²) < 4.78 is 0. The Bertz CT molecular complexity index is 403. The molecule has 1 aromatic rings. The molecule has 0 aliphatic carbocycles. The van der Waals surface area contributed by atoms with Gasteiger partial charge in [0.05, 0.1) is 6.10 Å². The van der Waals surface area contributed by atoms with E-state index in [1.54, 1.807) is 11.8 Å². The third kappa shape index (κ3) is 2.33. The number of benzene rings is 1. The molecule has 1 aliphatic heterocycles. The highest BCUT2D eigenvalue weighted by Crippen LogP contribution is 2.22. The minimum absolute atomic E-state index is 0.125. The summed E-state index contributed by atoms with van der Waals surface area (Å²) in [4.78, 5) is 13.9. The van der Waals surface area contributed by atoms with Crippen molar-refractivity contribution in [3.63, 3.8) is 0 Å². The van der Waals surface area contributed by atoms with Gasteiger partial charge in [-0.15, -0.1) is 0 Å². The number of amides is 1. The van der Waals surface area contributed by atoms with Gasteiger partial charge in [0.15, 0.2) is 0 Å². The molecule has 1 saturated heterocycles. The van der Waals surface area contributed by atoms with Gasteiger partial charge in [0.25, 0.3) is 0 Å². The Kier molecular flexibility index (Phi) is 3.17. The zero-order chi connectivity index (χ0) is 12.5. The molecule has 0 saturated carbocycles. The van der Waals surface area contributed by atoms with Crippen LogP contribution in [0.2, 0.25) is 0 Å². The average molecular weight is 234 g/mol. The van der Waals surface area contributed by atoms with E-state index in [1.165, 1.54) is 0 Å². The lowest BCUT2D eigenvalue weighted by molar-refractivity contribution is -0.136. The van der Waals surface area contributed by atoms with Crippen LogP contribution < -0.4 is 5.73 Å². The van der Waals surface area contributed by atoms with Gasteiger partial charge in [-0.3, -0.25) is 4.79 Å². The summed E-state index contributed by atoms with van der Waals surface area (Å²) in [6.07, 6.45) is 0.224. The lowest BCUT2D eigenvalue weighted by Crippen LogP contribution is -2.50. The summed E-state index contributed by atoms with van der Waals surface area (Å²) in [6.45, 7) is 2.69. The molecule has 1 amide bonds. The minimum atomic E-state index is -1.02. The summed E-state index contributed by atoms with van der Waals surface area (Å²) >= 11 is 0. The molecule has 1 fully saturated rings. The first-order chi connectivity index (χ1) is 8.01. The van der Waals surface area contributed by atoms with Crippen molar-refractivity contribution in [3.05, 3.63) is 35.9 Å². The number of nitrogens with two attached hydrogens (primary N) is 1. The highest BCUT2D eigenvalue weighted by molar-refractivity contribution is 5.87. The normalized spacial score (nSPS) is 23.5. The van der Waals surface area contributed by atoms with Gasteiger partial charge in [0.1, 0.15) is 5.54 Å². The number of β-amino-alcohol motifs (C(OH)–C–C–N with tert-alkyl or cyclic N) is 1. The second-order valence-electron chi connectivity index (χ2n) is 4.76. The third-order valence-corrected chi connectivity index (χ3v) is 3.27. The van der Waals surface area contributed by atoms with E-state index >= 15 is 0 Å². The summed E-state index contributed by atoms with van der Waals surface area (Å²) in [5.41, 5.74) is 5.91. The molecule has 4 heteroatoms. The van der Waals surface area contributed by atoms with Crippen LogP contribution in [0.15, 0.2) is 30.3 Å². The van der Waals surface area contributed by atoms with Crippen LogP contribution in [-0.4, -0.2) is 35.1 Å². The molecule has 92 valence electrons. The molecule has 17 heavy (non-hydrogen) atoms. The van der Waals surface area contributed by atoms with Gasteiger partial charge in [0, 0.05) is 13.1 Å². The fourth-order valence-corrected chi connectivity index (χ4v) is 2.16. The number of aliphatic hydroxyl groups is 1. The summed E-state index contributed by atoms with van der Waals surface area (Å²) in [5.74, 6) is -0.125. The Morgan fingerprint density at radius 3 is 2.65 bits per heavy atom. The van der Waals surface area contributed by atoms with Crippen LogP contribution in [-0.2, 0) is 10.3 Å². The minimum Gasteiger partial charge on any atom is -0.391 e. The van der Waals surface area contributed by atoms with Crippen LogP contribution in [0.1, 0.15) is 18.9 Å². The van der Waals surface area contributed by atoms with Crippen LogP contribution in [0.25, 0.3) is 0 Å². The number of rotatable bonds is 2. The fourth-order valence-electron chi connectivity index (χ4n) is 2.16. The quantitative estimate of drug-likeness (QED) is 0.781. The maximum absolute atomic E-state index is 12.3. The molecule has 0 spiro atoms. The summed E-state index contributed by atoms with van der Waals surface area (Å²) in [6, 6.07) is 9.33. The van der Waals surface area contributed by atoms with E-state index in [2.05, 4.69) is 0 Å². The van der Waals surface area contributed by atoms with Gasteiger partial charge in [0.2, 0.25) is 5.91 Å². The van der Waals surface area contributed by atoms with Crippen LogP contribution in [0, 0.1) is 0 Å². The van der Waals surface area contributed by atoms with Crippen molar-refractivity contribution in [2.24, 2.45) is 5.73 Å². The lowest BCUT2D eigenvalue weighted by Gasteiger charge is -2.29. The predicted molar refractivity (Wildman–Crippen MR) is 65.2 cm³/mol. The maximum Gasteiger partial charge on any atom is 0.247 e. The second-order valence-corrected chi connectivity index (χ2v) is 4.76. The molecular formula is C13H18N2O2. The topological polar surface area (TPSA) is 66.6 Å². The van der Waals surface area contributed by atoms with Crippen molar-refractivity contribution >= 4 is 5.91 Å². The van der Waals surface area contributed by atoms with Gasteiger partial charge in [-0.2, -0.15) is 0 Å². The first-order valence-corrected chi connectivity index (χ1v) is 5.83. The monoisotopic (exact) mass is 234 g/mol. The van der Waals surface area contributed by atoms with Crippen molar-refractivity contribution in [2.75, 3.05) is 13.1 Å². The predicted octanol–water partition coefficient (Wildman–Crippen LogP) is 0.454. The zero-order valence-electron chi connectivity index (χ0n) is 9.97. The molecule has 2 unspecified atom stereocenters. The van der Waals surface area contributed by atoms with E-state index in [4.69, 9.17) is 5.73 Å². The Labute approximate surface area is 101 Å². The largest absolute Gasteiger partial charge is 0.391 e. The molecule has 0 aromatic heterocycles. The molecular weight excluding hydrogens is 216 g/mol. The molecule has 3 N–H and O–H groups in total. The van der Waals surface area contributed by atoms with Crippen LogP contribution in [0.5, 0.6) is 0 Å². The number of likely N-dealkylation sites (tertiary alicyclic amines) is 1. The van der Waals surface area contributed by atoms with E-state index < -0.39 is 11.6 Å². The average Bonchev–Trinajstić information content (AvgIpc) is 2.76. The first-order valence-electron chi connectivity index (χ1n) is 5.83. The highest BCUT2D eigenvalue weighted by Gasteiger charge is 2.37. The Hall–Kier alpha value is -1.39. The summed E-state index contributed by atoms with van der Waals surface area (Å²) in [5, 5.41) is 9.45. The van der Waals surface area contributed by atoms with Gasteiger partial charge in [-0.25, -0.2) is 0 Å². The zero-order valence-corrected chi connectivity index (χ0v) is 9.97. The molecule has 1 aromatic carbocycles. The van der Waals surface area contributed by atoms with E-state index in [1.807, 2.05) is 30.3 Å². The van der Waals surface area contributed by atoms with Gasteiger partial charge < -0.3 is 15.7 Å². The SMILES string of the molecule is CC(N)(C(=O)N1CCC(O)C1)c1ccccc1. The van der Waals surface area contributed by atoms with E-state index in [0.717, 1.165) is 5.56 Å². The Morgan fingerprint density at radius 2 is 2.12 bits per heavy atom. The fraction of sp³-hybridized carbons (Fsp3) is 0.462. The number of hydrogen-bond acceptors (Lipinski definition) is 3. The highest BCUT2D eigenvalue weighted by atomic mass is 16.3. The number of hydrogen-bond donors (Lipinski definition) is 2. The third-order valence-electron chi connectivity index (χ3n) is 3.27. The van der Waals surface area contributed by atoms with Gasteiger partial charge >= 0.3 is 0 Å². The molecule has 2 rings (SSSR count). The second kappa shape index (κ2) is 4.47. The van der Waals surface area contributed by atoms with Crippen LogP contribution in [0.3, 0.4) is 0 Å². The Balaban J connectivity index is 2.18. The van der Waals surface area contributed by atoms with Gasteiger partial charge in [-0.1, -0.05) is 30.3 Å². The molecule has 2 atom stereocenters. The van der Waals surface area contributed by atoms with Gasteiger partial charge in [-0.05, 0) is 18.9 Å². The molecule has 1 heterocycles.